The number of nitrogens with one attached hydrogen (secondary N) is 2. The minimum atomic E-state index is -0.0898. The number of carbonyl (C=O) groups is 1. The van der Waals surface area contributed by atoms with E-state index in [1.807, 2.05) is 35.7 Å². The van der Waals surface area contributed by atoms with Crippen molar-refractivity contribution < 1.29 is 4.79 Å². The molecule has 2 aromatic heterocycles. The van der Waals surface area contributed by atoms with Crippen molar-refractivity contribution in [2.24, 2.45) is 0 Å². The fourth-order valence-electron chi connectivity index (χ4n) is 1.94. The molecule has 5 nitrogen and oxygen atoms in total. The summed E-state index contributed by atoms with van der Waals surface area (Å²) in [6.45, 7) is 1.48. The normalized spacial score (nSPS) is 10.2. The second-order valence-corrected chi connectivity index (χ2v) is 5.47. The number of hydrogen-bond donors (Lipinski definition) is 2. The van der Waals surface area contributed by atoms with Gasteiger partial charge in [0, 0.05) is 36.3 Å². The van der Waals surface area contributed by atoms with Crippen LogP contribution in [0.25, 0.3) is 11.1 Å². The van der Waals surface area contributed by atoms with Crippen LogP contribution in [0, 0.1) is 0 Å². The molecule has 0 bridgehead atoms. The Kier molecular flexibility index (Phi) is 4.11. The van der Waals surface area contributed by atoms with Crippen LogP contribution in [0.2, 0.25) is 0 Å². The highest BCUT2D eigenvalue weighted by Crippen LogP contribution is 2.22. The van der Waals surface area contributed by atoms with E-state index in [1.54, 1.807) is 23.7 Å². The quantitative estimate of drug-likeness (QED) is 0.767. The summed E-state index contributed by atoms with van der Waals surface area (Å²) in [5, 5.41) is 9.93. The van der Waals surface area contributed by atoms with Crippen LogP contribution in [0.5, 0.6) is 0 Å². The molecule has 110 valence electrons. The number of amides is 1. The summed E-state index contributed by atoms with van der Waals surface area (Å²) in [5.74, 6) is 0.444. The molecule has 3 aromatic rings. The molecule has 1 aromatic carbocycles. The van der Waals surface area contributed by atoms with Crippen molar-refractivity contribution in [3.8, 4) is 11.1 Å². The Hall–Kier alpha value is -2.73. The summed E-state index contributed by atoms with van der Waals surface area (Å²) < 4.78 is 0. The van der Waals surface area contributed by atoms with Gasteiger partial charge in [0.25, 0.3) is 0 Å². The van der Waals surface area contributed by atoms with Crippen LogP contribution in [0.4, 0.5) is 17.3 Å². The maximum atomic E-state index is 11.0. The average molecular weight is 310 g/mol. The van der Waals surface area contributed by atoms with Gasteiger partial charge in [-0.25, -0.2) is 9.97 Å². The molecular weight excluding hydrogens is 296 g/mol. The number of carbonyl (C=O) groups excluding carboxylic acids is 1. The topological polar surface area (TPSA) is 66.9 Å². The Morgan fingerprint density at radius 3 is 2.27 bits per heavy atom. The van der Waals surface area contributed by atoms with Gasteiger partial charge in [0.1, 0.15) is 0 Å². The molecule has 0 spiro atoms. The molecule has 2 heterocycles. The molecule has 2 N–H and O–H groups in total. The molecule has 0 saturated carbocycles. The molecule has 3 rings (SSSR count). The van der Waals surface area contributed by atoms with Crippen LogP contribution in [0.1, 0.15) is 6.92 Å². The van der Waals surface area contributed by atoms with Gasteiger partial charge in [0.2, 0.25) is 11.9 Å². The predicted octanol–water partition coefficient (Wildman–Crippen LogP) is 3.91. The lowest BCUT2D eigenvalue weighted by Gasteiger charge is -2.07. The molecule has 0 saturated heterocycles. The van der Waals surface area contributed by atoms with Crippen molar-refractivity contribution in [2.75, 3.05) is 10.6 Å². The largest absolute Gasteiger partial charge is 0.326 e. The van der Waals surface area contributed by atoms with Crippen molar-refractivity contribution >= 4 is 34.6 Å². The Labute approximate surface area is 132 Å². The molecule has 0 fully saturated rings. The van der Waals surface area contributed by atoms with E-state index in [9.17, 15) is 4.79 Å². The number of rotatable bonds is 4. The van der Waals surface area contributed by atoms with E-state index in [1.165, 1.54) is 6.92 Å². The predicted molar refractivity (Wildman–Crippen MR) is 89.4 cm³/mol. The summed E-state index contributed by atoms with van der Waals surface area (Å²) in [6.07, 6.45) is 3.59. The maximum Gasteiger partial charge on any atom is 0.227 e. The Bertz CT molecular complexity index is 752. The summed E-state index contributed by atoms with van der Waals surface area (Å²) in [5.41, 5.74) is 3.73. The van der Waals surface area contributed by atoms with Crippen molar-refractivity contribution in [2.45, 2.75) is 6.92 Å². The van der Waals surface area contributed by atoms with Gasteiger partial charge in [-0.15, -0.1) is 0 Å². The monoisotopic (exact) mass is 310 g/mol. The van der Waals surface area contributed by atoms with Crippen molar-refractivity contribution in [3.63, 3.8) is 0 Å². The van der Waals surface area contributed by atoms with Crippen molar-refractivity contribution in [3.05, 3.63) is 53.5 Å². The lowest BCUT2D eigenvalue weighted by Crippen LogP contribution is -2.05. The SMILES string of the molecule is CC(=O)Nc1ccc(Nc2ncc(-c3ccsc3)cn2)cc1. The first-order valence-corrected chi connectivity index (χ1v) is 7.64. The Morgan fingerprint density at radius 2 is 1.68 bits per heavy atom. The van der Waals surface area contributed by atoms with E-state index >= 15 is 0 Å². The zero-order chi connectivity index (χ0) is 15.4. The smallest absolute Gasteiger partial charge is 0.227 e. The number of thiophene rings is 1. The third kappa shape index (κ3) is 3.48. The second kappa shape index (κ2) is 6.36. The summed E-state index contributed by atoms with van der Waals surface area (Å²) in [6, 6.07) is 9.41. The number of hydrogen-bond acceptors (Lipinski definition) is 5. The minimum Gasteiger partial charge on any atom is -0.326 e. The molecule has 0 unspecified atom stereocenters. The molecule has 0 atom stereocenters. The molecule has 0 aliphatic carbocycles. The first kappa shape index (κ1) is 14.2. The van der Waals surface area contributed by atoms with E-state index in [4.69, 9.17) is 0 Å². The molecule has 0 aliphatic rings. The van der Waals surface area contributed by atoms with E-state index in [0.717, 1.165) is 22.5 Å². The van der Waals surface area contributed by atoms with Crippen LogP contribution in [-0.2, 0) is 4.79 Å². The molecule has 0 aliphatic heterocycles. The molecule has 22 heavy (non-hydrogen) atoms. The summed E-state index contributed by atoms with van der Waals surface area (Å²) in [4.78, 5) is 19.6. The highest BCUT2D eigenvalue weighted by molar-refractivity contribution is 7.08. The Morgan fingerprint density at radius 1 is 1.00 bits per heavy atom. The highest BCUT2D eigenvalue weighted by atomic mass is 32.1. The maximum absolute atomic E-state index is 11.0. The van der Waals surface area contributed by atoms with Gasteiger partial charge in [0.15, 0.2) is 0 Å². The van der Waals surface area contributed by atoms with Crippen molar-refractivity contribution in [1.82, 2.24) is 9.97 Å². The van der Waals surface area contributed by atoms with Crippen LogP contribution < -0.4 is 10.6 Å². The van der Waals surface area contributed by atoms with Gasteiger partial charge in [-0.3, -0.25) is 4.79 Å². The molecule has 1 amide bonds. The Balaban J connectivity index is 1.69. The van der Waals surface area contributed by atoms with Crippen LogP contribution in [-0.4, -0.2) is 15.9 Å². The number of benzene rings is 1. The standard InChI is InChI=1S/C16H14N4OS/c1-11(21)19-14-2-4-15(5-3-14)20-16-17-8-13(9-18-16)12-6-7-22-10-12/h2-10H,1H3,(H,19,21)(H,17,18,20). The lowest BCUT2D eigenvalue weighted by atomic mass is 10.2. The lowest BCUT2D eigenvalue weighted by molar-refractivity contribution is -0.114. The minimum absolute atomic E-state index is 0.0898. The second-order valence-electron chi connectivity index (χ2n) is 4.69. The van der Waals surface area contributed by atoms with E-state index < -0.39 is 0 Å². The fraction of sp³-hybridized carbons (Fsp3) is 0.0625. The van der Waals surface area contributed by atoms with Gasteiger partial charge in [-0.2, -0.15) is 11.3 Å². The van der Waals surface area contributed by atoms with Gasteiger partial charge < -0.3 is 10.6 Å². The van der Waals surface area contributed by atoms with E-state index in [0.29, 0.717) is 5.95 Å². The zero-order valence-electron chi connectivity index (χ0n) is 11.9. The van der Waals surface area contributed by atoms with Crippen molar-refractivity contribution in [1.29, 1.82) is 0 Å². The van der Waals surface area contributed by atoms with Crippen LogP contribution in [0.15, 0.2) is 53.5 Å². The third-order valence-electron chi connectivity index (χ3n) is 2.97. The summed E-state index contributed by atoms with van der Waals surface area (Å²) in [7, 11) is 0. The van der Waals surface area contributed by atoms with E-state index in [2.05, 4.69) is 26.0 Å². The molecule has 6 heteroatoms. The van der Waals surface area contributed by atoms with Gasteiger partial charge in [-0.05, 0) is 46.7 Å². The van der Waals surface area contributed by atoms with Gasteiger partial charge >= 0.3 is 0 Å². The first-order chi connectivity index (χ1) is 10.7. The fourth-order valence-corrected chi connectivity index (χ4v) is 2.60. The number of nitrogens with zero attached hydrogens (tertiary/aromatic N) is 2. The van der Waals surface area contributed by atoms with Crippen LogP contribution in [0.3, 0.4) is 0 Å². The van der Waals surface area contributed by atoms with Crippen LogP contribution >= 0.6 is 11.3 Å². The van der Waals surface area contributed by atoms with E-state index in [-0.39, 0.29) is 5.91 Å². The summed E-state index contributed by atoms with van der Waals surface area (Å²) >= 11 is 1.65. The zero-order valence-corrected chi connectivity index (χ0v) is 12.7. The van der Waals surface area contributed by atoms with Gasteiger partial charge in [0.05, 0.1) is 0 Å². The third-order valence-corrected chi connectivity index (χ3v) is 3.65. The average Bonchev–Trinajstić information content (AvgIpc) is 3.04. The molecule has 0 radical (unpaired) electrons. The van der Waals surface area contributed by atoms with Gasteiger partial charge in [-0.1, -0.05) is 0 Å². The number of aromatic nitrogens is 2. The molecular formula is C16H14N4OS. The highest BCUT2D eigenvalue weighted by Gasteiger charge is 2.02. The number of anilines is 3. The first-order valence-electron chi connectivity index (χ1n) is 6.70.